The van der Waals surface area contributed by atoms with Gasteiger partial charge < -0.3 is 22.1 Å². The minimum absolute atomic E-state index is 0. The normalized spacial score (nSPS) is 9.83. The minimum atomic E-state index is -5.39. The molecule has 0 fully saturated rings. The molecule has 0 aliphatic rings. The molecule has 0 amide bonds. The van der Waals surface area contributed by atoms with E-state index in [4.69, 9.17) is 19.2 Å². The third kappa shape index (κ3) is 54.6. The van der Waals surface area contributed by atoms with Crippen LogP contribution in [0.1, 0.15) is 2.85 Å². The van der Waals surface area contributed by atoms with Crippen LogP contribution < -0.4 is 14.7 Å². The van der Waals surface area contributed by atoms with E-state index < -0.39 is 7.82 Å². The first-order valence-corrected chi connectivity index (χ1v) is 2.19. The van der Waals surface area contributed by atoms with Gasteiger partial charge in [-0.1, -0.05) is 0 Å². The van der Waals surface area contributed by atoms with Crippen LogP contribution in [0, 0.1) is 0 Å². The Kier molecular flexibility index (Phi) is 5.84. The molecule has 0 aromatic rings. The van der Waals surface area contributed by atoms with Crippen molar-refractivity contribution in [3.05, 3.63) is 0 Å². The molecule has 6 heteroatoms. The number of hydrogen-bond donors (Lipinski definition) is 0. The first kappa shape index (κ1) is 10.4. The molecule has 0 bridgehead atoms. The van der Waals surface area contributed by atoms with Gasteiger partial charge in [0, 0.05) is 0 Å². The zero-order chi connectivity index (χ0) is 4.50. The van der Waals surface area contributed by atoms with Crippen molar-refractivity contribution in [1.29, 1.82) is 0 Å². The third-order valence-electron chi connectivity index (χ3n) is 0. The summed E-state index contributed by atoms with van der Waals surface area (Å²) in [6.45, 7) is 0. The Morgan fingerprint density at radius 2 is 1.33 bits per heavy atom. The molecule has 6 heavy (non-hydrogen) atoms. The van der Waals surface area contributed by atoms with E-state index in [-0.39, 0.29) is 40.6 Å². The molecule has 0 unspecified atom stereocenters. The molecule has 0 rings (SSSR count). The van der Waals surface area contributed by atoms with Gasteiger partial charge in [-0.3, -0.25) is 0 Å². The smallest absolute Gasteiger partial charge is 1.00 e. The summed E-state index contributed by atoms with van der Waals surface area (Å²) >= 11 is 0. The predicted octanol–water partition coefficient (Wildman–Crippen LogP) is -2.98. The van der Waals surface area contributed by atoms with Gasteiger partial charge in [-0.15, -0.1) is 0 Å². The van der Waals surface area contributed by atoms with Crippen LogP contribution in [0.4, 0.5) is 0 Å². The van der Waals surface area contributed by atoms with Gasteiger partial charge in [0.05, 0.1) is 0 Å². The summed E-state index contributed by atoms with van der Waals surface area (Å²) < 4.78 is 8.55. The van der Waals surface area contributed by atoms with Gasteiger partial charge in [0.2, 0.25) is 0 Å². The summed E-state index contributed by atoms with van der Waals surface area (Å²) in [6, 6.07) is 0. The van der Waals surface area contributed by atoms with Gasteiger partial charge in [-0.2, -0.15) is 7.82 Å². The van der Waals surface area contributed by atoms with E-state index in [1.54, 1.807) is 0 Å². The van der Waals surface area contributed by atoms with Crippen LogP contribution in [0.5, 0.6) is 0 Å². The van der Waals surface area contributed by atoms with Crippen LogP contribution in [0.15, 0.2) is 0 Å². The Hall–Kier alpha value is 1.37. The topological polar surface area (TPSA) is 86.2 Å². The molecule has 0 spiro atoms. The third-order valence-corrected chi connectivity index (χ3v) is 0. The zero-order valence-electron chi connectivity index (χ0n) is 4.79. The molecule has 0 saturated carbocycles. The SMILES string of the molecule is O=P([O-])([O-])[O-].[Ca+2].[H-].[H-]. The first-order chi connectivity index (χ1) is 2.00. The number of hydrogen-bond acceptors (Lipinski definition) is 4. The zero-order valence-corrected chi connectivity index (χ0v) is 5.89. The molecule has 0 aromatic heterocycles. The summed E-state index contributed by atoms with van der Waals surface area (Å²) in [6.07, 6.45) is 0. The minimum Gasteiger partial charge on any atom is -1.00 e. The van der Waals surface area contributed by atoms with Crippen LogP contribution in [0.2, 0.25) is 0 Å². The predicted molar refractivity (Wildman–Crippen MR) is 15.6 cm³/mol. The monoisotopic (exact) mass is 137 g/mol. The second-order valence-electron chi connectivity index (χ2n) is 0.447. The average Bonchev–Trinajstić information content (AvgIpc) is 0.722. The molecular weight excluding hydrogens is 135 g/mol. The average molecular weight is 137 g/mol. The molecule has 4 nitrogen and oxygen atoms in total. The van der Waals surface area contributed by atoms with E-state index in [9.17, 15) is 0 Å². The van der Waals surface area contributed by atoms with Crippen molar-refractivity contribution in [1.82, 2.24) is 0 Å². The molecule has 0 N–H and O–H groups in total. The molecule has 0 aliphatic heterocycles. The van der Waals surface area contributed by atoms with Crippen molar-refractivity contribution in [2.75, 3.05) is 0 Å². The van der Waals surface area contributed by atoms with Crippen molar-refractivity contribution in [3.8, 4) is 0 Å². The Bertz CT molecular complexity index is 60.2. The van der Waals surface area contributed by atoms with Crippen molar-refractivity contribution in [2.24, 2.45) is 0 Å². The standard InChI is InChI=1S/Ca.H3O4P.2H/c;1-5(2,3)4;;/h;(H3,1,2,3,4);;/q+2;;2*-1/p-3. The van der Waals surface area contributed by atoms with Gasteiger partial charge in [-0.25, -0.2) is 0 Å². The largest absolute Gasteiger partial charge is 2.00 e. The summed E-state index contributed by atoms with van der Waals surface area (Å²) in [7, 11) is -5.39. The Morgan fingerprint density at radius 1 is 1.33 bits per heavy atom. The van der Waals surface area contributed by atoms with E-state index in [1.807, 2.05) is 0 Å². The number of rotatable bonds is 0. The van der Waals surface area contributed by atoms with Crippen LogP contribution >= 0.6 is 7.82 Å². The maximum Gasteiger partial charge on any atom is 2.00 e. The molecule has 0 saturated heterocycles. The fraction of sp³-hybridized carbons (Fsp3) is 0. The Labute approximate surface area is 67.4 Å². The van der Waals surface area contributed by atoms with Gasteiger partial charge >= 0.3 is 37.7 Å². The fourth-order valence-corrected chi connectivity index (χ4v) is 0. The molecule has 0 atom stereocenters. The fourth-order valence-electron chi connectivity index (χ4n) is 0. The second-order valence-corrected chi connectivity index (χ2v) is 1.34. The van der Waals surface area contributed by atoms with Crippen molar-refractivity contribution < 1.29 is 22.1 Å². The van der Waals surface area contributed by atoms with E-state index >= 15 is 0 Å². The molecule has 0 radical (unpaired) electrons. The molecule has 0 heterocycles. The van der Waals surface area contributed by atoms with Gasteiger partial charge in [0.25, 0.3) is 0 Å². The van der Waals surface area contributed by atoms with Crippen molar-refractivity contribution >= 4 is 45.6 Å². The molecular formula is H2CaO4P-3. The van der Waals surface area contributed by atoms with Crippen LogP contribution in [0.25, 0.3) is 0 Å². The van der Waals surface area contributed by atoms with E-state index in [0.29, 0.717) is 0 Å². The summed E-state index contributed by atoms with van der Waals surface area (Å²) in [5.41, 5.74) is 0. The van der Waals surface area contributed by atoms with Crippen LogP contribution in [-0.2, 0) is 4.57 Å². The molecule has 0 aromatic carbocycles. The molecule has 36 valence electrons. The maximum atomic E-state index is 8.55. The summed E-state index contributed by atoms with van der Waals surface area (Å²) in [4.78, 5) is 25.6. The quantitative estimate of drug-likeness (QED) is 0.263. The van der Waals surface area contributed by atoms with Crippen LogP contribution in [0.3, 0.4) is 0 Å². The van der Waals surface area contributed by atoms with Gasteiger partial charge in [-0.05, 0) is 0 Å². The summed E-state index contributed by atoms with van der Waals surface area (Å²) in [5, 5.41) is 0. The Balaban J connectivity index is -0.0000000267. The van der Waals surface area contributed by atoms with E-state index in [0.717, 1.165) is 0 Å². The number of phosphoric acid groups is 1. The van der Waals surface area contributed by atoms with Crippen molar-refractivity contribution in [3.63, 3.8) is 0 Å². The van der Waals surface area contributed by atoms with E-state index in [2.05, 4.69) is 0 Å². The maximum absolute atomic E-state index is 8.55. The summed E-state index contributed by atoms with van der Waals surface area (Å²) in [5.74, 6) is 0. The van der Waals surface area contributed by atoms with Gasteiger partial charge in [0.1, 0.15) is 0 Å². The first-order valence-electron chi connectivity index (χ1n) is 0.730. The van der Waals surface area contributed by atoms with E-state index in [1.165, 1.54) is 0 Å². The molecule has 0 aliphatic carbocycles. The Morgan fingerprint density at radius 3 is 1.33 bits per heavy atom. The van der Waals surface area contributed by atoms with Crippen molar-refractivity contribution in [2.45, 2.75) is 0 Å². The van der Waals surface area contributed by atoms with Gasteiger partial charge in [0.15, 0.2) is 0 Å². The van der Waals surface area contributed by atoms with Crippen LogP contribution in [-0.4, -0.2) is 37.7 Å². The second kappa shape index (κ2) is 3.38.